The minimum Gasteiger partial charge on any atom is -0.469 e. The molecule has 2 aromatic carbocycles. The molecule has 1 amide bonds. The standard InChI is InChI=1S/C27H27N3O4/c1-4-24(30-14-8-7-11-25(30)31)27(33)29-23(16-26(32)34-3)19-12-13-20(17-28)22(15-19)21-10-6-5-9-18(21)2/h5-15,23-24H,4,16H2,1-3H3,(H,29,33). The van der Waals surface area contributed by atoms with E-state index in [1.807, 2.05) is 44.2 Å². The molecule has 0 radical (unpaired) electrons. The molecule has 3 rings (SSSR count). The number of nitrogens with one attached hydrogen (secondary N) is 1. The second-order valence-corrected chi connectivity index (χ2v) is 7.94. The summed E-state index contributed by atoms with van der Waals surface area (Å²) in [4.78, 5) is 37.7. The molecule has 174 valence electrons. The van der Waals surface area contributed by atoms with Crippen molar-refractivity contribution in [2.75, 3.05) is 7.11 Å². The van der Waals surface area contributed by atoms with Crippen LogP contribution in [0.3, 0.4) is 0 Å². The molecule has 1 heterocycles. The zero-order valence-electron chi connectivity index (χ0n) is 19.4. The predicted octanol–water partition coefficient (Wildman–Crippen LogP) is 4.07. The summed E-state index contributed by atoms with van der Waals surface area (Å²) in [6.07, 6.45) is 1.87. The topological polar surface area (TPSA) is 101 Å². The third-order valence-electron chi connectivity index (χ3n) is 5.79. The fourth-order valence-corrected chi connectivity index (χ4v) is 3.95. The summed E-state index contributed by atoms with van der Waals surface area (Å²) in [5.74, 6) is -0.872. The SMILES string of the molecule is CCC(C(=O)NC(CC(=O)OC)c1ccc(C#N)c(-c2ccccc2C)c1)n1ccccc1=O. The van der Waals surface area contributed by atoms with E-state index in [-0.39, 0.29) is 17.9 Å². The number of benzene rings is 2. The number of ether oxygens (including phenoxy) is 1. The van der Waals surface area contributed by atoms with Gasteiger partial charge in [-0.2, -0.15) is 5.26 Å². The maximum absolute atomic E-state index is 13.2. The fourth-order valence-electron chi connectivity index (χ4n) is 3.95. The van der Waals surface area contributed by atoms with E-state index < -0.39 is 18.1 Å². The molecule has 34 heavy (non-hydrogen) atoms. The van der Waals surface area contributed by atoms with Crippen molar-refractivity contribution in [3.63, 3.8) is 0 Å². The minimum atomic E-state index is -0.733. The molecular weight excluding hydrogens is 430 g/mol. The summed E-state index contributed by atoms with van der Waals surface area (Å²) >= 11 is 0. The van der Waals surface area contributed by atoms with Crippen LogP contribution in [0.1, 0.15) is 48.5 Å². The molecule has 2 unspecified atom stereocenters. The summed E-state index contributed by atoms with van der Waals surface area (Å²) in [7, 11) is 1.29. The van der Waals surface area contributed by atoms with Gasteiger partial charge in [-0.3, -0.25) is 14.4 Å². The maximum atomic E-state index is 13.2. The number of hydrogen-bond acceptors (Lipinski definition) is 5. The number of aromatic nitrogens is 1. The van der Waals surface area contributed by atoms with Crippen LogP contribution < -0.4 is 10.9 Å². The van der Waals surface area contributed by atoms with Gasteiger partial charge < -0.3 is 14.6 Å². The zero-order valence-corrected chi connectivity index (χ0v) is 19.4. The lowest BCUT2D eigenvalue weighted by Crippen LogP contribution is -2.39. The Labute approximate surface area is 198 Å². The Hall–Kier alpha value is -4.18. The molecule has 0 fully saturated rings. The largest absolute Gasteiger partial charge is 0.469 e. The van der Waals surface area contributed by atoms with Crippen LogP contribution in [0.4, 0.5) is 0 Å². The Morgan fingerprint density at radius 2 is 1.82 bits per heavy atom. The fraction of sp³-hybridized carbons (Fsp3) is 0.259. The number of hydrogen-bond donors (Lipinski definition) is 1. The van der Waals surface area contributed by atoms with Crippen molar-refractivity contribution in [2.24, 2.45) is 0 Å². The van der Waals surface area contributed by atoms with Gasteiger partial charge in [0.2, 0.25) is 5.91 Å². The van der Waals surface area contributed by atoms with Gasteiger partial charge in [0, 0.05) is 17.8 Å². The molecule has 0 aliphatic heterocycles. The lowest BCUT2D eigenvalue weighted by molar-refractivity contribution is -0.141. The van der Waals surface area contributed by atoms with E-state index in [4.69, 9.17) is 4.74 Å². The lowest BCUT2D eigenvalue weighted by Gasteiger charge is -2.24. The van der Waals surface area contributed by atoms with Crippen LogP contribution in [0.15, 0.2) is 71.7 Å². The predicted molar refractivity (Wildman–Crippen MR) is 129 cm³/mol. The highest BCUT2D eigenvalue weighted by molar-refractivity contribution is 5.82. The van der Waals surface area contributed by atoms with Crippen LogP contribution in [0.5, 0.6) is 0 Å². The number of nitrogens with zero attached hydrogens (tertiary/aromatic N) is 2. The minimum absolute atomic E-state index is 0.0958. The van der Waals surface area contributed by atoms with Crippen molar-refractivity contribution in [1.29, 1.82) is 5.26 Å². The quantitative estimate of drug-likeness (QED) is 0.514. The second-order valence-electron chi connectivity index (χ2n) is 7.94. The molecule has 1 N–H and O–H groups in total. The number of carbonyl (C=O) groups is 2. The molecule has 0 bridgehead atoms. The number of nitriles is 1. The molecular formula is C27H27N3O4. The van der Waals surface area contributed by atoms with Gasteiger partial charge in [-0.1, -0.05) is 43.3 Å². The molecule has 0 spiro atoms. The van der Waals surface area contributed by atoms with Crippen LogP contribution in [0.25, 0.3) is 11.1 Å². The number of pyridine rings is 1. The Balaban J connectivity index is 2.02. The molecule has 0 saturated heterocycles. The van der Waals surface area contributed by atoms with Gasteiger partial charge in [0.15, 0.2) is 0 Å². The summed E-state index contributed by atoms with van der Waals surface area (Å²) < 4.78 is 6.23. The molecule has 0 saturated carbocycles. The first-order chi connectivity index (χ1) is 16.4. The van der Waals surface area contributed by atoms with E-state index >= 15 is 0 Å². The highest BCUT2D eigenvalue weighted by Gasteiger charge is 2.25. The molecule has 1 aromatic heterocycles. The Morgan fingerprint density at radius 1 is 1.09 bits per heavy atom. The number of aryl methyl sites for hydroxylation is 1. The normalized spacial score (nSPS) is 12.3. The van der Waals surface area contributed by atoms with Gasteiger partial charge in [0.25, 0.3) is 5.56 Å². The smallest absolute Gasteiger partial charge is 0.307 e. The molecule has 7 nitrogen and oxygen atoms in total. The van der Waals surface area contributed by atoms with E-state index in [0.717, 1.165) is 11.1 Å². The van der Waals surface area contributed by atoms with Gasteiger partial charge >= 0.3 is 5.97 Å². The summed E-state index contributed by atoms with van der Waals surface area (Å²) in [5, 5.41) is 12.6. The van der Waals surface area contributed by atoms with Crippen LogP contribution in [0.2, 0.25) is 0 Å². The van der Waals surface area contributed by atoms with Crippen LogP contribution in [-0.4, -0.2) is 23.6 Å². The number of methoxy groups -OCH3 is 1. The average Bonchev–Trinajstić information content (AvgIpc) is 2.85. The van der Waals surface area contributed by atoms with Crippen LogP contribution in [-0.2, 0) is 14.3 Å². The van der Waals surface area contributed by atoms with Gasteiger partial charge in [-0.15, -0.1) is 0 Å². The highest BCUT2D eigenvalue weighted by atomic mass is 16.5. The van der Waals surface area contributed by atoms with Crippen molar-refractivity contribution < 1.29 is 14.3 Å². The van der Waals surface area contributed by atoms with Gasteiger partial charge in [0.05, 0.1) is 31.2 Å². The first kappa shape index (κ1) is 24.5. The summed E-state index contributed by atoms with van der Waals surface area (Å²) in [6, 6.07) is 18.4. The summed E-state index contributed by atoms with van der Waals surface area (Å²) in [5.41, 5.74) is 3.48. The first-order valence-corrected chi connectivity index (χ1v) is 11.0. The monoisotopic (exact) mass is 457 g/mol. The third-order valence-corrected chi connectivity index (χ3v) is 5.79. The number of esters is 1. The van der Waals surface area contributed by atoms with Crippen molar-refractivity contribution in [1.82, 2.24) is 9.88 Å². The van der Waals surface area contributed by atoms with Crippen LogP contribution in [0, 0.1) is 18.3 Å². The van der Waals surface area contributed by atoms with Crippen molar-refractivity contribution in [3.8, 4) is 17.2 Å². The van der Waals surface area contributed by atoms with Crippen molar-refractivity contribution in [3.05, 3.63) is 93.9 Å². The lowest BCUT2D eigenvalue weighted by atomic mass is 9.92. The number of amides is 1. The maximum Gasteiger partial charge on any atom is 0.307 e. The molecule has 3 aromatic rings. The molecule has 2 atom stereocenters. The van der Waals surface area contributed by atoms with Gasteiger partial charge in [-0.25, -0.2) is 0 Å². The van der Waals surface area contributed by atoms with E-state index in [9.17, 15) is 19.6 Å². The molecule has 0 aliphatic carbocycles. The Morgan fingerprint density at radius 3 is 2.47 bits per heavy atom. The third kappa shape index (κ3) is 5.41. The molecule has 0 aliphatic rings. The Bertz CT molecular complexity index is 1290. The van der Waals surface area contributed by atoms with E-state index in [0.29, 0.717) is 23.1 Å². The van der Waals surface area contributed by atoms with E-state index in [1.54, 1.807) is 30.5 Å². The summed E-state index contributed by atoms with van der Waals surface area (Å²) in [6.45, 7) is 3.78. The first-order valence-electron chi connectivity index (χ1n) is 11.0. The van der Waals surface area contributed by atoms with E-state index in [2.05, 4.69) is 11.4 Å². The second kappa shape index (κ2) is 11.1. The average molecular weight is 458 g/mol. The van der Waals surface area contributed by atoms with Crippen molar-refractivity contribution in [2.45, 2.75) is 38.8 Å². The number of rotatable bonds is 8. The highest BCUT2D eigenvalue weighted by Crippen LogP contribution is 2.30. The Kier molecular flexibility index (Phi) is 7.99. The van der Waals surface area contributed by atoms with E-state index in [1.165, 1.54) is 17.7 Å². The van der Waals surface area contributed by atoms with Gasteiger partial charge in [-0.05, 0) is 48.2 Å². The van der Waals surface area contributed by atoms with Gasteiger partial charge in [0.1, 0.15) is 6.04 Å². The number of carbonyl (C=O) groups excluding carboxylic acids is 2. The molecule has 7 heteroatoms. The zero-order chi connectivity index (χ0) is 24.7. The van der Waals surface area contributed by atoms with Crippen molar-refractivity contribution >= 4 is 11.9 Å². The van der Waals surface area contributed by atoms with Crippen LogP contribution >= 0.6 is 0 Å².